The molecule has 0 amide bonds. The van der Waals surface area contributed by atoms with Gasteiger partial charge in [-0.3, -0.25) is 0 Å². The predicted octanol–water partition coefficient (Wildman–Crippen LogP) is 3.70. The molecule has 0 saturated heterocycles. The van der Waals surface area contributed by atoms with Gasteiger partial charge in [0.2, 0.25) is 0 Å². The number of hydrogen-bond acceptors (Lipinski definition) is 4. The lowest BCUT2D eigenvalue weighted by atomic mass is 10.0. The molecule has 11 heteroatoms. The molecular formula is C17H13BrF2N2O4S2. The Morgan fingerprint density at radius 2 is 1.64 bits per heavy atom. The van der Waals surface area contributed by atoms with E-state index in [1.54, 1.807) is 11.1 Å². The first-order valence-corrected chi connectivity index (χ1v) is 11.4. The molecular weight excluding hydrogens is 478 g/mol. The van der Waals surface area contributed by atoms with Crippen LogP contribution in [0, 0.1) is 18.6 Å². The van der Waals surface area contributed by atoms with E-state index < -0.39 is 36.6 Å². The van der Waals surface area contributed by atoms with Crippen LogP contribution in [0.4, 0.5) is 8.78 Å². The Balaban J connectivity index is 2.17. The Hall–Kier alpha value is -2.08. The van der Waals surface area contributed by atoms with E-state index in [1.165, 1.54) is 24.4 Å². The van der Waals surface area contributed by atoms with E-state index in [4.69, 9.17) is 0 Å². The number of benzene rings is 2. The van der Waals surface area contributed by atoms with Gasteiger partial charge in [0.05, 0.1) is 9.37 Å². The average molecular weight is 491 g/mol. The SMILES string of the molecule is Cc1ccc(S(=O)(=O)NS(=O)(=O)c2cc[nH]c2)c(-c2cc(F)c(Br)cc2F)c1. The Kier molecular flexibility index (Phi) is 5.45. The van der Waals surface area contributed by atoms with Gasteiger partial charge in [-0.15, -0.1) is 4.13 Å². The third-order valence-corrected chi connectivity index (χ3v) is 8.00. The van der Waals surface area contributed by atoms with Crippen molar-refractivity contribution in [3.05, 3.63) is 70.5 Å². The Morgan fingerprint density at radius 3 is 2.29 bits per heavy atom. The van der Waals surface area contributed by atoms with Crippen molar-refractivity contribution < 1.29 is 25.6 Å². The fourth-order valence-corrected chi connectivity index (χ4v) is 5.92. The van der Waals surface area contributed by atoms with Crippen molar-refractivity contribution in [1.29, 1.82) is 0 Å². The summed E-state index contributed by atoms with van der Waals surface area (Å²) in [5, 5.41) is 0. The highest BCUT2D eigenvalue weighted by Crippen LogP contribution is 2.33. The van der Waals surface area contributed by atoms with Crippen LogP contribution in [0.5, 0.6) is 0 Å². The van der Waals surface area contributed by atoms with Crippen LogP contribution in [0.3, 0.4) is 0 Å². The number of rotatable bonds is 5. The second-order valence-corrected chi connectivity index (χ2v) is 10.3. The van der Waals surface area contributed by atoms with Crippen LogP contribution in [0.2, 0.25) is 0 Å². The molecule has 28 heavy (non-hydrogen) atoms. The Labute approximate surface area is 168 Å². The van der Waals surface area contributed by atoms with Crippen LogP contribution in [0.1, 0.15) is 5.56 Å². The topological polar surface area (TPSA) is 96.1 Å². The number of hydrogen-bond donors (Lipinski definition) is 2. The molecule has 2 aromatic carbocycles. The highest BCUT2D eigenvalue weighted by Gasteiger charge is 2.28. The second-order valence-electron chi connectivity index (χ2n) is 5.88. The lowest BCUT2D eigenvalue weighted by molar-refractivity contribution is 0.577. The van der Waals surface area contributed by atoms with E-state index in [1.807, 2.05) is 0 Å². The van der Waals surface area contributed by atoms with Gasteiger partial charge in [0.15, 0.2) is 0 Å². The average Bonchev–Trinajstić information content (AvgIpc) is 3.12. The summed E-state index contributed by atoms with van der Waals surface area (Å²) in [5.41, 5.74) is 0.0923. The van der Waals surface area contributed by atoms with Crippen molar-refractivity contribution >= 4 is 36.0 Å². The van der Waals surface area contributed by atoms with Crippen LogP contribution in [0.15, 0.2) is 63.1 Å². The summed E-state index contributed by atoms with van der Waals surface area (Å²) < 4.78 is 80.1. The number of sulfonamides is 2. The zero-order chi connectivity index (χ0) is 20.7. The summed E-state index contributed by atoms with van der Waals surface area (Å²) in [6.07, 6.45) is 2.43. The number of nitrogens with one attached hydrogen (secondary N) is 2. The summed E-state index contributed by atoms with van der Waals surface area (Å²) in [7, 11) is -9.03. The predicted molar refractivity (Wildman–Crippen MR) is 103 cm³/mol. The van der Waals surface area contributed by atoms with Gasteiger partial charge in [-0.25, -0.2) is 25.6 Å². The summed E-state index contributed by atoms with van der Waals surface area (Å²) in [4.78, 5) is 1.73. The van der Waals surface area contributed by atoms with Crippen molar-refractivity contribution in [2.75, 3.05) is 0 Å². The van der Waals surface area contributed by atoms with Crippen LogP contribution in [0.25, 0.3) is 11.1 Å². The fourth-order valence-electron chi connectivity index (χ4n) is 2.53. The number of aromatic nitrogens is 1. The third-order valence-electron chi connectivity index (χ3n) is 3.82. The smallest absolute Gasteiger partial charge is 0.255 e. The summed E-state index contributed by atoms with van der Waals surface area (Å²) in [5.74, 6) is -1.67. The van der Waals surface area contributed by atoms with Crippen LogP contribution in [-0.4, -0.2) is 21.8 Å². The molecule has 6 nitrogen and oxygen atoms in total. The van der Waals surface area contributed by atoms with E-state index in [0.717, 1.165) is 24.4 Å². The van der Waals surface area contributed by atoms with Gasteiger partial charge in [-0.1, -0.05) is 11.6 Å². The normalized spacial score (nSPS) is 12.3. The highest BCUT2D eigenvalue weighted by atomic mass is 79.9. The third kappa shape index (κ3) is 4.02. The van der Waals surface area contributed by atoms with Crippen molar-refractivity contribution in [3.63, 3.8) is 0 Å². The molecule has 0 bridgehead atoms. The molecule has 1 aromatic heterocycles. The molecule has 3 rings (SSSR count). The highest BCUT2D eigenvalue weighted by molar-refractivity contribution is 9.10. The zero-order valence-electron chi connectivity index (χ0n) is 14.2. The number of halogens is 3. The van der Waals surface area contributed by atoms with E-state index in [0.29, 0.717) is 5.56 Å². The first-order valence-electron chi connectivity index (χ1n) is 7.68. The fraction of sp³-hybridized carbons (Fsp3) is 0.0588. The van der Waals surface area contributed by atoms with Gasteiger partial charge in [0, 0.05) is 23.5 Å². The number of aromatic amines is 1. The van der Waals surface area contributed by atoms with E-state index >= 15 is 0 Å². The van der Waals surface area contributed by atoms with Gasteiger partial charge in [0.25, 0.3) is 20.0 Å². The van der Waals surface area contributed by atoms with Crippen molar-refractivity contribution in [2.45, 2.75) is 16.7 Å². The molecule has 0 fully saturated rings. The molecule has 0 aliphatic heterocycles. The molecule has 1 heterocycles. The van der Waals surface area contributed by atoms with Crippen LogP contribution >= 0.6 is 15.9 Å². The maximum absolute atomic E-state index is 14.4. The molecule has 0 aliphatic rings. The molecule has 0 spiro atoms. The monoisotopic (exact) mass is 490 g/mol. The molecule has 0 atom stereocenters. The van der Waals surface area contributed by atoms with Gasteiger partial charge in [-0.2, -0.15) is 0 Å². The Morgan fingerprint density at radius 1 is 0.929 bits per heavy atom. The lowest BCUT2D eigenvalue weighted by Crippen LogP contribution is -2.30. The minimum atomic E-state index is -4.63. The largest absolute Gasteiger partial charge is 0.366 e. The minimum Gasteiger partial charge on any atom is -0.366 e. The van der Waals surface area contributed by atoms with Crippen LogP contribution in [-0.2, 0) is 20.0 Å². The summed E-state index contributed by atoms with van der Waals surface area (Å²) in [6, 6.07) is 6.79. The number of H-pyrrole nitrogens is 1. The summed E-state index contributed by atoms with van der Waals surface area (Å²) in [6.45, 7) is 1.64. The van der Waals surface area contributed by atoms with E-state index in [-0.39, 0.29) is 20.5 Å². The van der Waals surface area contributed by atoms with Crippen LogP contribution < -0.4 is 4.13 Å². The zero-order valence-corrected chi connectivity index (χ0v) is 17.4. The molecule has 0 saturated carbocycles. The van der Waals surface area contributed by atoms with Crippen molar-refractivity contribution in [2.24, 2.45) is 0 Å². The maximum atomic E-state index is 14.4. The standard InChI is InChI=1S/C17H13BrF2N2O4S2/c1-10-2-3-17(13(6-10)12-7-16(20)14(18)8-15(12)19)28(25,26)22-27(23,24)11-4-5-21-9-11/h2-9,21-22H,1H3. The summed E-state index contributed by atoms with van der Waals surface area (Å²) >= 11 is 2.86. The van der Waals surface area contributed by atoms with Gasteiger partial charge in [0.1, 0.15) is 16.5 Å². The first kappa shape index (κ1) is 20.6. The molecule has 0 radical (unpaired) electrons. The molecule has 0 aliphatic carbocycles. The quantitative estimate of drug-likeness (QED) is 0.533. The number of aryl methyl sites for hydroxylation is 1. The molecule has 3 aromatic rings. The minimum absolute atomic E-state index is 0.126. The van der Waals surface area contributed by atoms with Gasteiger partial charge < -0.3 is 4.98 Å². The van der Waals surface area contributed by atoms with E-state index in [2.05, 4.69) is 20.9 Å². The molecule has 2 N–H and O–H groups in total. The van der Waals surface area contributed by atoms with Crippen molar-refractivity contribution in [3.8, 4) is 11.1 Å². The Bertz CT molecular complexity index is 1260. The van der Waals surface area contributed by atoms with Gasteiger partial charge >= 0.3 is 0 Å². The van der Waals surface area contributed by atoms with Gasteiger partial charge in [-0.05, 0) is 53.2 Å². The first-order chi connectivity index (χ1) is 13.0. The van der Waals surface area contributed by atoms with Crippen molar-refractivity contribution in [1.82, 2.24) is 9.11 Å². The maximum Gasteiger partial charge on any atom is 0.255 e. The second kappa shape index (κ2) is 7.39. The molecule has 0 unspecified atom stereocenters. The molecule has 148 valence electrons. The lowest BCUT2D eigenvalue weighted by Gasteiger charge is -2.14. The van der Waals surface area contributed by atoms with E-state index in [9.17, 15) is 25.6 Å².